The number of anilines is 6. The van der Waals surface area contributed by atoms with Crippen LogP contribution in [0.1, 0.15) is 0 Å². The highest BCUT2D eigenvalue weighted by Gasteiger charge is 2.28. The maximum atomic E-state index is 7.37. The second-order valence-corrected chi connectivity index (χ2v) is 16.1. The van der Waals surface area contributed by atoms with Crippen LogP contribution in [0.15, 0.2) is 243 Å². The van der Waals surface area contributed by atoms with E-state index in [1.54, 1.807) is 0 Å². The van der Waals surface area contributed by atoms with E-state index in [2.05, 4.69) is 252 Å². The standard InChI is InChI=1S/C60H40N2O/c1-3-14-41(15-4-1)43-28-33-48(34-29-43)61(55-26-12-20-45-18-7-9-23-51(45)55)50-37-38-53-54-25-11-22-47-32-39-57(60(59(47)54)63-58(53)40-50)62(56-27-13-21-46-19-8-10-24-52(46)56)49-35-30-44(31-36-49)42-16-5-2-6-17-42/h1-40H. The van der Waals surface area contributed by atoms with Gasteiger partial charge in [0, 0.05) is 44.9 Å². The van der Waals surface area contributed by atoms with E-state index in [-0.39, 0.29) is 0 Å². The Morgan fingerprint density at radius 1 is 0.286 bits per heavy atom. The molecular formula is C60H40N2O. The van der Waals surface area contributed by atoms with Gasteiger partial charge in [-0.25, -0.2) is 0 Å². The van der Waals surface area contributed by atoms with Crippen molar-refractivity contribution >= 4 is 66.4 Å². The van der Waals surface area contributed by atoms with Crippen molar-refractivity contribution in [2.45, 2.75) is 0 Å². The second kappa shape index (κ2) is 15.3. The minimum Gasteiger partial charge on any atom is -0.454 e. The number of benzene rings is 11. The monoisotopic (exact) mass is 804 g/mol. The molecule has 0 atom stereocenters. The van der Waals surface area contributed by atoms with Crippen LogP contribution in [0.3, 0.4) is 0 Å². The van der Waals surface area contributed by atoms with Crippen molar-refractivity contribution in [2.24, 2.45) is 0 Å². The number of fused-ring (bicyclic) bond motifs is 4. The molecule has 0 aliphatic carbocycles. The molecule has 0 amide bonds. The fourth-order valence-electron chi connectivity index (χ4n) is 9.41. The summed E-state index contributed by atoms with van der Waals surface area (Å²) in [6.45, 7) is 0. The zero-order valence-corrected chi connectivity index (χ0v) is 34.4. The lowest BCUT2D eigenvalue weighted by atomic mass is 9.93. The SMILES string of the molecule is c1ccc(-c2ccc(N(c3ccc4c(c3)Oc3c(N(c5ccc(-c6ccccc6)cc5)c5cccc6ccccc56)ccc5cccc-4c35)c3cccc4ccccc34)cc2)cc1. The molecule has 296 valence electrons. The largest absolute Gasteiger partial charge is 0.454 e. The Hall–Kier alpha value is -8.40. The van der Waals surface area contributed by atoms with Gasteiger partial charge in [0.1, 0.15) is 5.75 Å². The van der Waals surface area contributed by atoms with E-state index in [1.807, 2.05) is 0 Å². The molecule has 11 aromatic rings. The van der Waals surface area contributed by atoms with Crippen LogP contribution in [0.25, 0.3) is 65.7 Å². The maximum Gasteiger partial charge on any atom is 0.159 e. The third-order valence-electron chi connectivity index (χ3n) is 12.4. The molecule has 0 saturated carbocycles. The third-order valence-corrected chi connectivity index (χ3v) is 12.4. The van der Waals surface area contributed by atoms with E-state index < -0.39 is 0 Å². The third kappa shape index (κ3) is 6.38. The molecule has 3 nitrogen and oxygen atoms in total. The van der Waals surface area contributed by atoms with Crippen LogP contribution in [-0.4, -0.2) is 0 Å². The molecule has 0 N–H and O–H groups in total. The molecule has 0 aromatic heterocycles. The van der Waals surface area contributed by atoms with Crippen LogP contribution in [0.4, 0.5) is 34.1 Å². The molecule has 1 heterocycles. The first-order valence-corrected chi connectivity index (χ1v) is 21.5. The highest BCUT2D eigenvalue weighted by atomic mass is 16.5. The Kier molecular flexibility index (Phi) is 8.83. The van der Waals surface area contributed by atoms with Gasteiger partial charge in [-0.1, -0.05) is 182 Å². The lowest BCUT2D eigenvalue weighted by molar-refractivity contribution is 0.488. The van der Waals surface area contributed by atoms with Gasteiger partial charge in [-0.2, -0.15) is 0 Å². The van der Waals surface area contributed by atoms with Crippen molar-refractivity contribution in [3.63, 3.8) is 0 Å². The number of hydrogen-bond donors (Lipinski definition) is 0. The van der Waals surface area contributed by atoms with Gasteiger partial charge in [-0.15, -0.1) is 0 Å². The van der Waals surface area contributed by atoms with Crippen LogP contribution in [0, 0.1) is 0 Å². The highest BCUT2D eigenvalue weighted by molar-refractivity contribution is 6.10. The lowest BCUT2D eigenvalue weighted by Crippen LogP contribution is -2.13. The molecule has 0 unspecified atom stereocenters. The quantitative estimate of drug-likeness (QED) is 0.152. The smallest absolute Gasteiger partial charge is 0.159 e. The van der Waals surface area contributed by atoms with Gasteiger partial charge < -0.3 is 14.5 Å². The highest BCUT2D eigenvalue weighted by Crippen LogP contribution is 2.55. The van der Waals surface area contributed by atoms with Gasteiger partial charge >= 0.3 is 0 Å². The minimum atomic E-state index is 0.809. The topological polar surface area (TPSA) is 15.7 Å². The van der Waals surface area contributed by atoms with E-state index in [1.165, 1.54) is 38.4 Å². The van der Waals surface area contributed by atoms with Gasteiger partial charge in [0.25, 0.3) is 0 Å². The fourth-order valence-corrected chi connectivity index (χ4v) is 9.41. The molecule has 0 fully saturated rings. The van der Waals surface area contributed by atoms with Crippen LogP contribution < -0.4 is 14.5 Å². The average molecular weight is 805 g/mol. The molecule has 0 radical (unpaired) electrons. The van der Waals surface area contributed by atoms with E-state index >= 15 is 0 Å². The summed E-state index contributed by atoms with van der Waals surface area (Å²) in [6, 6.07) is 87.0. The number of nitrogens with zero attached hydrogens (tertiary/aromatic N) is 2. The Morgan fingerprint density at radius 3 is 1.38 bits per heavy atom. The summed E-state index contributed by atoms with van der Waals surface area (Å²) in [5, 5.41) is 6.93. The first-order valence-electron chi connectivity index (χ1n) is 21.5. The number of ether oxygens (including phenoxy) is 1. The van der Waals surface area contributed by atoms with Crippen molar-refractivity contribution in [3.05, 3.63) is 243 Å². The van der Waals surface area contributed by atoms with Crippen molar-refractivity contribution < 1.29 is 4.74 Å². The number of rotatable bonds is 8. The predicted molar refractivity (Wildman–Crippen MR) is 265 cm³/mol. The molecule has 1 aliphatic heterocycles. The van der Waals surface area contributed by atoms with Crippen LogP contribution in [0.2, 0.25) is 0 Å². The summed E-state index contributed by atoms with van der Waals surface area (Å²) in [5.74, 6) is 1.64. The normalized spacial score (nSPS) is 11.6. The van der Waals surface area contributed by atoms with Gasteiger partial charge in [0.05, 0.1) is 17.1 Å². The van der Waals surface area contributed by atoms with Crippen molar-refractivity contribution in [3.8, 4) is 44.9 Å². The van der Waals surface area contributed by atoms with Crippen LogP contribution in [0.5, 0.6) is 11.5 Å². The first-order chi connectivity index (χ1) is 31.2. The Balaban J connectivity index is 1.03. The summed E-state index contributed by atoms with van der Waals surface area (Å²) in [7, 11) is 0. The molecule has 11 aromatic carbocycles. The Bertz CT molecular complexity index is 3460. The molecule has 0 bridgehead atoms. The molecule has 3 heteroatoms. The van der Waals surface area contributed by atoms with Crippen LogP contribution in [-0.2, 0) is 0 Å². The van der Waals surface area contributed by atoms with E-state index in [0.717, 1.165) is 72.9 Å². The van der Waals surface area contributed by atoms with E-state index in [4.69, 9.17) is 4.74 Å². The lowest BCUT2D eigenvalue weighted by Gasteiger charge is -2.32. The summed E-state index contributed by atoms with van der Waals surface area (Å²) in [5.41, 5.74) is 13.2. The van der Waals surface area contributed by atoms with Gasteiger partial charge in [-0.05, 0) is 98.6 Å². The van der Waals surface area contributed by atoms with Gasteiger partial charge in [0.2, 0.25) is 0 Å². The maximum absolute atomic E-state index is 7.37. The molecule has 1 aliphatic rings. The Morgan fingerprint density at radius 2 is 0.762 bits per heavy atom. The number of hydrogen-bond acceptors (Lipinski definition) is 3. The second-order valence-electron chi connectivity index (χ2n) is 16.1. The fraction of sp³-hybridized carbons (Fsp3) is 0. The first kappa shape index (κ1) is 36.5. The van der Waals surface area contributed by atoms with Crippen molar-refractivity contribution in [2.75, 3.05) is 9.80 Å². The van der Waals surface area contributed by atoms with Gasteiger partial charge in [-0.3, -0.25) is 0 Å². The summed E-state index contributed by atoms with van der Waals surface area (Å²) >= 11 is 0. The zero-order valence-electron chi connectivity index (χ0n) is 34.4. The summed E-state index contributed by atoms with van der Waals surface area (Å²) in [6.07, 6.45) is 0. The van der Waals surface area contributed by atoms with Crippen LogP contribution >= 0.6 is 0 Å². The summed E-state index contributed by atoms with van der Waals surface area (Å²) in [4.78, 5) is 4.73. The minimum absolute atomic E-state index is 0.809. The molecule has 0 saturated heterocycles. The molecule has 63 heavy (non-hydrogen) atoms. The van der Waals surface area contributed by atoms with Crippen molar-refractivity contribution in [1.82, 2.24) is 0 Å². The Labute approximate surface area is 367 Å². The van der Waals surface area contributed by atoms with E-state index in [9.17, 15) is 0 Å². The molecule has 0 spiro atoms. The molecule has 12 rings (SSSR count). The van der Waals surface area contributed by atoms with E-state index in [0.29, 0.717) is 0 Å². The average Bonchev–Trinajstić information content (AvgIpc) is 3.36. The molecular weight excluding hydrogens is 765 g/mol. The summed E-state index contributed by atoms with van der Waals surface area (Å²) < 4.78 is 7.37. The van der Waals surface area contributed by atoms with Gasteiger partial charge in [0.15, 0.2) is 5.75 Å². The predicted octanol–water partition coefficient (Wildman–Crippen LogP) is 17.2. The van der Waals surface area contributed by atoms with Crippen molar-refractivity contribution in [1.29, 1.82) is 0 Å². The zero-order chi connectivity index (χ0) is 41.7.